The molecule has 0 bridgehead atoms. The molecule has 1 fully saturated rings. The van der Waals surface area contributed by atoms with Gasteiger partial charge in [-0.3, -0.25) is 24.7 Å². The van der Waals surface area contributed by atoms with E-state index in [9.17, 15) is 40.4 Å². The van der Waals surface area contributed by atoms with Gasteiger partial charge in [-0.25, -0.2) is 13.6 Å². The zero-order valence-electron chi connectivity index (χ0n) is 18.9. The van der Waals surface area contributed by atoms with Crippen molar-refractivity contribution in [3.63, 3.8) is 0 Å². The number of hydrazine groups is 1. The van der Waals surface area contributed by atoms with Crippen LogP contribution in [-0.4, -0.2) is 73.2 Å². The number of hydrogen-bond donors (Lipinski definition) is 3. The fraction of sp³-hybridized carbons (Fsp3) is 0.286. The molecule has 0 atom stereocenters. The zero-order valence-corrected chi connectivity index (χ0v) is 19.7. The predicted molar refractivity (Wildman–Crippen MR) is 121 cm³/mol. The van der Waals surface area contributed by atoms with Crippen LogP contribution in [0.5, 0.6) is 0 Å². The van der Waals surface area contributed by atoms with Gasteiger partial charge in [0.15, 0.2) is 0 Å². The van der Waals surface area contributed by atoms with Gasteiger partial charge in [-0.15, -0.1) is 0 Å². The molecule has 2 aromatic carbocycles. The minimum Gasteiger partial charge on any atom is -0.465 e. The Kier molecular flexibility index (Phi) is 8.54. The second-order valence-corrected chi connectivity index (χ2v) is 9.57. The lowest BCUT2D eigenvalue weighted by Crippen LogP contribution is -2.54. The number of piperazine rings is 1. The summed E-state index contributed by atoms with van der Waals surface area (Å²) in [5, 5.41) is 9.10. The number of alkyl halides is 2. The van der Waals surface area contributed by atoms with E-state index < -0.39 is 52.7 Å². The van der Waals surface area contributed by atoms with Crippen LogP contribution in [-0.2, 0) is 21.5 Å². The van der Waals surface area contributed by atoms with Crippen molar-refractivity contribution in [2.24, 2.45) is 0 Å². The first kappa shape index (κ1) is 27.7. The largest absolute Gasteiger partial charge is 0.465 e. The molecular weight excluding hydrogens is 526 g/mol. The normalized spacial score (nSPS) is 14.4. The molecule has 16 heteroatoms. The van der Waals surface area contributed by atoms with Gasteiger partial charge in [0.05, 0.1) is 12.2 Å². The fourth-order valence-corrected chi connectivity index (χ4v) is 4.99. The zero-order chi connectivity index (χ0) is 27.3. The van der Waals surface area contributed by atoms with E-state index in [0.717, 1.165) is 37.8 Å². The Morgan fingerprint density at radius 1 is 1.00 bits per heavy atom. The number of carboxylic acid groups (broad SMARTS) is 1. The molecule has 200 valence electrons. The van der Waals surface area contributed by atoms with Crippen molar-refractivity contribution >= 4 is 33.8 Å². The minimum atomic E-state index is -4.39. The Labute approximate surface area is 208 Å². The molecule has 2 aromatic rings. The third-order valence-electron chi connectivity index (χ3n) is 5.34. The minimum absolute atomic E-state index is 0.105. The molecule has 0 aliphatic carbocycles. The quantitative estimate of drug-likeness (QED) is 0.355. The van der Waals surface area contributed by atoms with E-state index in [2.05, 4.69) is 0 Å². The third-order valence-corrected chi connectivity index (χ3v) is 7.25. The summed E-state index contributed by atoms with van der Waals surface area (Å²) in [7, 11) is -4.39. The maximum atomic E-state index is 14.9. The molecule has 37 heavy (non-hydrogen) atoms. The van der Waals surface area contributed by atoms with E-state index in [-0.39, 0.29) is 43.0 Å². The molecule has 3 rings (SSSR count). The van der Waals surface area contributed by atoms with Crippen molar-refractivity contribution in [2.45, 2.75) is 13.0 Å². The smallest absolute Gasteiger partial charge is 0.407 e. The molecule has 0 spiro atoms. The second-order valence-electron chi connectivity index (χ2n) is 7.71. The number of carbonyl (C=O) groups is 3. The van der Waals surface area contributed by atoms with E-state index in [1.807, 2.05) is 0 Å². The number of halogens is 4. The van der Waals surface area contributed by atoms with Gasteiger partial charge in [0.25, 0.3) is 5.91 Å². The van der Waals surface area contributed by atoms with Gasteiger partial charge >= 0.3 is 28.6 Å². The first-order chi connectivity index (χ1) is 17.4. The van der Waals surface area contributed by atoms with Crippen LogP contribution >= 0.6 is 0 Å². The Hall–Kier alpha value is -3.92. The standard InChI is InChI=1S/C21H21F4N5O6S/c22-15-2-1-3-16(11-15)30(37(35,36)29-8-6-28(7-9-29)21(33)34)12-14-5-4-13(10-17(14)23)19(31)26-27-20(32)18(24)25/h1-5,10-11,18H,6-9,12H2,(H,26,31)(H,27,32)(H,33,34). The number of rotatable bonds is 7. The molecule has 3 N–H and O–H groups in total. The maximum absolute atomic E-state index is 14.9. The van der Waals surface area contributed by atoms with Crippen molar-refractivity contribution < 1.29 is 45.5 Å². The van der Waals surface area contributed by atoms with Gasteiger partial charge in [-0.1, -0.05) is 12.1 Å². The Morgan fingerprint density at radius 3 is 2.24 bits per heavy atom. The van der Waals surface area contributed by atoms with Crippen LogP contribution in [0.4, 0.5) is 28.0 Å². The van der Waals surface area contributed by atoms with E-state index in [1.165, 1.54) is 17.6 Å². The van der Waals surface area contributed by atoms with Crippen LogP contribution in [0, 0.1) is 11.6 Å². The van der Waals surface area contributed by atoms with Crippen molar-refractivity contribution in [1.82, 2.24) is 20.1 Å². The van der Waals surface area contributed by atoms with Crippen LogP contribution in [0.1, 0.15) is 15.9 Å². The highest BCUT2D eigenvalue weighted by Gasteiger charge is 2.34. The summed E-state index contributed by atoms with van der Waals surface area (Å²) in [4.78, 5) is 35.1. The summed E-state index contributed by atoms with van der Waals surface area (Å²) in [5.41, 5.74) is 2.45. The van der Waals surface area contributed by atoms with Crippen LogP contribution in [0.3, 0.4) is 0 Å². The number of amides is 3. The van der Waals surface area contributed by atoms with E-state index in [1.54, 1.807) is 5.43 Å². The lowest BCUT2D eigenvalue weighted by atomic mass is 10.1. The number of hydrogen-bond acceptors (Lipinski definition) is 5. The highest BCUT2D eigenvalue weighted by molar-refractivity contribution is 7.90. The van der Waals surface area contributed by atoms with Gasteiger partial charge in [0.2, 0.25) is 0 Å². The lowest BCUT2D eigenvalue weighted by Gasteiger charge is -2.36. The molecule has 11 nitrogen and oxygen atoms in total. The Morgan fingerprint density at radius 2 is 1.68 bits per heavy atom. The predicted octanol–water partition coefficient (Wildman–Crippen LogP) is 1.54. The van der Waals surface area contributed by atoms with Gasteiger partial charge in [0.1, 0.15) is 11.6 Å². The van der Waals surface area contributed by atoms with Gasteiger partial charge in [0, 0.05) is 37.3 Å². The Balaban J connectivity index is 1.86. The van der Waals surface area contributed by atoms with Gasteiger partial charge in [-0.05, 0) is 30.3 Å². The van der Waals surface area contributed by atoms with Crippen molar-refractivity contribution in [3.05, 3.63) is 65.2 Å². The molecule has 1 saturated heterocycles. The number of anilines is 1. The van der Waals surface area contributed by atoms with Crippen LogP contribution in [0.15, 0.2) is 42.5 Å². The van der Waals surface area contributed by atoms with Crippen molar-refractivity contribution in [2.75, 3.05) is 30.5 Å². The molecule has 3 amide bonds. The average molecular weight is 547 g/mol. The number of nitrogens with zero attached hydrogens (tertiary/aromatic N) is 3. The monoisotopic (exact) mass is 547 g/mol. The number of nitrogens with one attached hydrogen (secondary N) is 2. The molecule has 1 aliphatic heterocycles. The molecule has 1 aliphatic rings. The summed E-state index contributed by atoms with van der Waals surface area (Å²) in [6.45, 7) is -1.21. The summed E-state index contributed by atoms with van der Waals surface area (Å²) in [6, 6.07) is 7.42. The molecule has 0 aromatic heterocycles. The first-order valence-corrected chi connectivity index (χ1v) is 12.0. The van der Waals surface area contributed by atoms with E-state index in [4.69, 9.17) is 5.11 Å². The summed E-state index contributed by atoms with van der Waals surface area (Å²) < 4.78 is 81.9. The molecule has 0 saturated carbocycles. The van der Waals surface area contributed by atoms with Crippen molar-refractivity contribution in [3.8, 4) is 0 Å². The second kappa shape index (κ2) is 11.4. The average Bonchev–Trinajstić information content (AvgIpc) is 2.86. The van der Waals surface area contributed by atoms with E-state index >= 15 is 0 Å². The molecule has 0 unspecified atom stereocenters. The van der Waals surface area contributed by atoms with Gasteiger partial charge in [-0.2, -0.15) is 21.5 Å². The fourth-order valence-electron chi connectivity index (χ4n) is 3.40. The Bertz CT molecular complexity index is 1290. The molecule has 0 radical (unpaired) electrons. The SMILES string of the molecule is O=C(NNC(=O)C(F)F)c1ccc(CN(c2cccc(F)c2)S(=O)(=O)N2CCN(C(=O)O)CC2)c(F)c1. The topological polar surface area (TPSA) is 139 Å². The molecular formula is C21H21F4N5O6S. The highest BCUT2D eigenvalue weighted by Crippen LogP contribution is 2.26. The maximum Gasteiger partial charge on any atom is 0.407 e. The summed E-state index contributed by atoms with van der Waals surface area (Å²) >= 11 is 0. The van der Waals surface area contributed by atoms with Crippen LogP contribution < -0.4 is 15.2 Å². The first-order valence-electron chi connectivity index (χ1n) is 10.6. The summed E-state index contributed by atoms with van der Waals surface area (Å²) in [5.74, 6) is -4.68. The van der Waals surface area contributed by atoms with Gasteiger partial charge < -0.3 is 10.0 Å². The lowest BCUT2D eigenvalue weighted by molar-refractivity contribution is -0.132. The number of benzene rings is 2. The number of carbonyl (C=O) groups excluding carboxylic acids is 2. The van der Waals surface area contributed by atoms with Crippen molar-refractivity contribution in [1.29, 1.82) is 0 Å². The van der Waals surface area contributed by atoms with E-state index in [0.29, 0.717) is 6.07 Å². The highest BCUT2D eigenvalue weighted by atomic mass is 32.2. The third kappa shape index (κ3) is 6.65. The van der Waals surface area contributed by atoms with Crippen LogP contribution in [0.25, 0.3) is 0 Å². The summed E-state index contributed by atoms with van der Waals surface area (Å²) in [6.07, 6.45) is -4.60. The molecule has 1 heterocycles. The van der Waals surface area contributed by atoms with Crippen LogP contribution in [0.2, 0.25) is 0 Å².